The topological polar surface area (TPSA) is 173 Å². The quantitative estimate of drug-likeness (QED) is 0.285. The first-order valence-corrected chi connectivity index (χ1v) is 4.14. The van der Waals surface area contributed by atoms with E-state index >= 15 is 0 Å². The second kappa shape index (κ2) is 11.2. The highest BCUT2D eigenvalue weighted by molar-refractivity contribution is 7.80. The van der Waals surface area contributed by atoms with Gasteiger partial charge >= 0.3 is 11.9 Å². The van der Waals surface area contributed by atoms with E-state index in [0.29, 0.717) is 6.54 Å². The number of hydrogen-bond donors (Lipinski definition) is 6. The Morgan fingerprint density at radius 1 is 1.13 bits per heavy atom. The molecule has 0 spiro atoms. The van der Waals surface area contributed by atoms with Gasteiger partial charge in [-0.3, -0.25) is 0 Å². The molecule has 0 aliphatic carbocycles. The zero-order valence-electron chi connectivity index (χ0n) is 7.70. The maximum atomic E-state index is 9.77. The minimum atomic E-state index is -2.27. The van der Waals surface area contributed by atoms with Crippen LogP contribution in [-0.2, 0) is 9.59 Å². The maximum Gasteiger partial charge on any atom is 0.335 e. The smallest absolute Gasteiger partial charge is 0.335 e. The van der Waals surface area contributed by atoms with Crippen LogP contribution in [0, 0.1) is 0 Å². The van der Waals surface area contributed by atoms with E-state index in [1.807, 2.05) is 0 Å². The van der Waals surface area contributed by atoms with E-state index in [-0.39, 0.29) is 5.48 Å². The zero-order chi connectivity index (χ0) is 11.7. The molecular weight excluding hydrogens is 230 g/mol. The summed E-state index contributed by atoms with van der Waals surface area (Å²) in [5.74, 6) is -2.75. The SMILES string of the molecule is NCCS.O.O=C(O)C(O)C(O)C(=O)O. The van der Waals surface area contributed by atoms with Crippen LogP contribution in [0.1, 0.15) is 0 Å². The number of aliphatic hydroxyl groups is 2. The highest BCUT2D eigenvalue weighted by Crippen LogP contribution is 1.92. The Kier molecular flexibility index (Phi) is 14.7. The van der Waals surface area contributed by atoms with Gasteiger partial charge in [0.05, 0.1) is 0 Å². The molecule has 8 N–H and O–H groups in total. The van der Waals surface area contributed by atoms with Crippen LogP contribution in [0.15, 0.2) is 0 Å². The second-order valence-corrected chi connectivity index (χ2v) is 2.53. The fraction of sp³-hybridized carbons (Fsp3) is 0.667. The third-order valence-electron chi connectivity index (χ3n) is 0.934. The summed E-state index contributed by atoms with van der Waals surface area (Å²) in [7, 11) is 0. The number of carbonyl (C=O) groups is 2. The largest absolute Gasteiger partial charge is 0.479 e. The number of carboxylic acid groups (broad SMARTS) is 2. The summed E-state index contributed by atoms with van der Waals surface area (Å²) in [6.07, 6.45) is -4.53. The molecule has 8 nitrogen and oxygen atoms in total. The summed E-state index contributed by atoms with van der Waals surface area (Å²) in [6, 6.07) is 0. The molecule has 0 aromatic heterocycles. The van der Waals surface area contributed by atoms with Crippen molar-refractivity contribution in [3.63, 3.8) is 0 Å². The second-order valence-electron chi connectivity index (χ2n) is 2.08. The fourth-order valence-electron chi connectivity index (χ4n) is 0.270. The first kappa shape index (κ1) is 19.7. The highest BCUT2D eigenvalue weighted by atomic mass is 32.1. The predicted molar refractivity (Wildman–Crippen MR) is 53.8 cm³/mol. The van der Waals surface area contributed by atoms with Crippen molar-refractivity contribution in [3.8, 4) is 0 Å². The van der Waals surface area contributed by atoms with Gasteiger partial charge in [0.25, 0.3) is 0 Å². The zero-order valence-corrected chi connectivity index (χ0v) is 8.59. The molecule has 15 heavy (non-hydrogen) atoms. The van der Waals surface area contributed by atoms with Crippen LogP contribution in [0.5, 0.6) is 0 Å². The van der Waals surface area contributed by atoms with E-state index in [1.165, 1.54) is 0 Å². The average Bonchev–Trinajstić information content (AvgIpc) is 2.15. The number of rotatable bonds is 4. The molecule has 0 aliphatic rings. The van der Waals surface area contributed by atoms with E-state index in [2.05, 4.69) is 12.6 Å². The number of carboxylic acids is 2. The third kappa shape index (κ3) is 11.1. The van der Waals surface area contributed by atoms with Crippen LogP contribution < -0.4 is 5.73 Å². The molecular formula is C6H15NO7S. The van der Waals surface area contributed by atoms with Crippen molar-refractivity contribution >= 4 is 24.6 Å². The Morgan fingerprint density at radius 2 is 1.33 bits per heavy atom. The average molecular weight is 245 g/mol. The monoisotopic (exact) mass is 245 g/mol. The molecule has 0 saturated carbocycles. The molecule has 0 radical (unpaired) electrons. The Balaban J connectivity index is -0.000000249. The van der Waals surface area contributed by atoms with E-state index < -0.39 is 24.1 Å². The molecule has 0 aromatic rings. The molecule has 2 atom stereocenters. The highest BCUT2D eigenvalue weighted by Gasteiger charge is 2.29. The van der Waals surface area contributed by atoms with Gasteiger partial charge < -0.3 is 31.6 Å². The van der Waals surface area contributed by atoms with Crippen LogP contribution >= 0.6 is 12.6 Å². The first-order chi connectivity index (χ1) is 6.38. The van der Waals surface area contributed by atoms with Crippen molar-refractivity contribution in [2.24, 2.45) is 5.73 Å². The van der Waals surface area contributed by atoms with Gasteiger partial charge in [-0.2, -0.15) is 12.6 Å². The molecule has 9 heteroatoms. The van der Waals surface area contributed by atoms with Gasteiger partial charge in [-0.15, -0.1) is 0 Å². The van der Waals surface area contributed by atoms with E-state index in [0.717, 1.165) is 5.75 Å². The van der Waals surface area contributed by atoms with Crippen molar-refractivity contribution < 1.29 is 35.5 Å². The summed E-state index contributed by atoms with van der Waals surface area (Å²) < 4.78 is 0. The Hall–Kier alpha value is -0.870. The van der Waals surface area contributed by atoms with Crippen LogP contribution in [0.25, 0.3) is 0 Å². The lowest BCUT2D eigenvalue weighted by Gasteiger charge is -2.07. The number of nitrogens with two attached hydrogens (primary N) is 1. The van der Waals surface area contributed by atoms with E-state index in [1.54, 1.807) is 0 Å². The molecule has 0 aromatic carbocycles. The molecule has 0 amide bonds. The summed E-state index contributed by atoms with van der Waals surface area (Å²) >= 11 is 3.80. The van der Waals surface area contributed by atoms with E-state index in [4.69, 9.17) is 26.2 Å². The van der Waals surface area contributed by atoms with Crippen molar-refractivity contribution in [2.75, 3.05) is 12.3 Å². The summed E-state index contributed by atoms with van der Waals surface area (Å²) in [6.45, 7) is 0.684. The Labute approximate surface area is 91.0 Å². The molecule has 0 saturated heterocycles. The number of aliphatic hydroxyl groups excluding tert-OH is 2. The summed E-state index contributed by atoms with van der Waals surface area (Å²) in [5, 5.41) is 32.5. The summed E-state index contributed by atoms with van der Waals surface area (Å²) in [4.78, 5) is 19.5. The third-order valence-corrected chi connectivity index (χ3v) is 1.19. The lowest BCUT2D eigenvalue weighted by atomic mass is 10.2. The number of aliphatic carboxylic acids is 2. The lowest BCUT2D eigenvalue weighted by molar-refractivity contribution is -0.165. The molecule has 0 heterocycles. The fourth-order valence-corrected chi connectivity index (χ4v) is 0.270. The standard InChI is InChI=1S/C4H6O6.C2H7NS.H2O/c5-1(3(7)8)2(6)4(9)10;3-1-2-4;/h1-2,5-6H,(H,7,8)(H,9,10);4H,1-3H2;1H2. The first-order valence-electron chi connectivity index (χ1n) is 3.51. The minimum Gasteiger partial charge on any atom is -0.479 e. The van der Waals surface area contributed by atoms with Gasteiger partial charge in [0.1, 0.15) is 0 Å². The van der Waals surface area contributed by atoms with Crippen molar-refractivity contribution in [2.45, 2.75) is 12.2 Å². The normalized spacial score (nSPS) is 12.5. The maximum absolute atomic E-state index is 9.77. The Morgan fingerprint density at radius 3 is 1.40 bits per heavy atom. The Bertz CT molecular complexity index is 168. The molecule has 0 bridgehead atoms. The van der Waals surface area contributed by atoms with Gasteiger partial charge in [0.15, 0.2) is 12.2 Å². The van der Waals surface area contributed by atoms with Gasteiger partial charge in [0, 0.05) is 12.3 Å². The summed E-state index contributed by atoms with van der Waals surface area (Å²) in [5.41, 5.74) is 4.95. The molecule has 2 unspecified atom stereocenters. The number of thiol groups is 1. The van der Waals surface area contributed by atoms with Crippen LogP contribution in [0.2, 0.25) is 0 Å². The van der Waals surface area contributed by atoms with E-state index in [9.17, 15) is 9.59 Å². The molecule has 0 aliphatic heterocycles. The van der Waals surface area contributed by atoms with Gasteiger partial charge in [-0.1, -0.05) is 0 Å². The predicted octanol–water partition coefficient (Wildman–Crippen LogP) is -3.07. The van der Waals surface area contributed by atoms with Crippen molar-refractivity contribution in [1.82, 2.24) is 0 Å². The van der Waals surface area contributed by atoms with Gasteiger partial charge in [0.2, 0.25) is 0 Å². The molecule has 92 valence electrons. The molecule has 0 rings (SSSR count). The van der Waals surface area contributed by atoms with Crippen molar-refractivity contribution in [1.29, 1.82) is 0 Å². The van der Waals surface area contributed by atoms with Gasteiger partial charge in [-0.25, -0.2) is 9.59 Å². The number of hydrogen-bond acceptors (Lipinski definition) is 6. The van der Waals surface area contributed by atoms with Gasteiger partial charge in [-0.05, 0) is 0 Å². The minimum absolute atomic E-state index is 0. The van der Waals surface area contributed by atoms with Crippen LogP contribution in [0.4, 0.5) is 0 Å². The lowest BCUT2D eigenvalue weighted by Crippen LogP contribution is -2.39. The van der Waals surface area contributed by atoms with Crippen LogP contribution in [-0.4, -0.2) is 62.3 Å². The van der Waals surface area contributed by atoms with Crippen molar-refractivity contribution in [3.05, 3.63) is 0 Å². The van der Waals surface area contributed by atoms with Crippen LogP contribution in [0.3, 0.4) is 0 Å². The molecule has 0 fully saturated rings.